The number of anilines is 1. The predicted molar refractivity (Wildman–Crippen MR) is 111 cm³/mol. The van der Waals surface area contributed by atoms with Crippen molar-refractivity contribution < 1.29 is 9.47 Å². The number of ether oxygens (including phenoxy) is 2. The van der Waals surface area contributed by atoms with Crippen molar-refractivity contribution in [3.63, 3.8) is 0 Å². The summed E-state index contributed by atoms with van der Waals surface area (Å²) in [5, 5.41) is 6.76. The highest BCUT2D eigenvalue weighted by atomic mass is 16.5. The van der Waals surface area contributed by atoms with E-state index in [-0.39, 0.29) is 0 Å². The van der Waals surface area contributed by atoms with Crippen LogP contribution in [0.5, 0.6) is 5.75 Å². The summed E-state index contributed by atoms with van der Waals surface area (Å²) in [6.07, 6.45) is 4.94. The Morgan fingerprint density at radius 3 is 2.93 bits per heavy atom. The second kappa shape index (κ2) is 10.5. The molecule has 150 valence electrons. The number of benzene rings is 1. The van der Waals surface area contributed by atoms with E-state index in [0.29, 0.717) is 19.1 Å². The molecule has 0 bridgehead atoms. The lowest BCUT2D eigenvalue weighted by molar-refractivity contribution is 0.172. The number of likely N-dealkylation sites (tertiary alicyclic amines) is 1. The molecule has 1 aromatic carbocycles. The van der Waals surface area contributed by atoms with Crippen molar-refractivity contribution in [3.8, 4) is 5.75 Å². The molecule has 1 saturated carbocycles. The zero-order valence-electron chi connectivity index (χ0n) is 16.7. The van der Waals surface area contributed by atoms with Gasteiger partial charge in [-0.25, -0.2) is 0 Å². The molecular formula is C21H34N4O2. The van der Waals surface area contributed by atoms with Crippen LogP contribution in [0.4, 0.5) is 5.69 Å². The zero-order chi connectivity index (χ0) is 18.9. The number of rotatable bonds is 10. The maximum atomic E-state index is 5.79. The number of hydrogen-bond acceptors (Lipinski definition) is 4. The summed E-state index contributed by atoms with van der Waals surface area (Å²) in [7, 11) is 1.71. The maximum Gasteiger partial charge on any atom is 0.195 e. The molecule has 1 aliphatic heterocycles. The van der Waals surface area contributed by atoms with E-state index in [2.05, 4.69) is 22.5 Å². The van der Waals surface area contributed by atoms with E-state index >= 15 is 0 Å². The first-order valence-electron chi connectivity index (χ1n) is 10.3. The van der Waals surface area contributed by atoms with Crippen LogP contribution in [0.15, 0.2) is 29.3 Å². The summed E-state index contributed by atoms with van der Waals surface area (Å²) in [4.78, 5) is 7.48. The smallest absolute Gasteiger partial charge is 0.195 e. The fourth-order valence-electron chi connectivity index (χ4n) is 3.50. The molecule has 2 fully saturated rings. The molecule has 1 saturated heterocycles. The van der Waals surface area contributed by atoms with Crippen molar-refractivity contribution in [1.82, 2.24) is 10.2 Å². The Morgan fingerprint density at radius 1 is 1.26 bits per heavy atom. The Labute approximate surface area is 163 Å². The lowest BCUT2D eigenvalue weighted by atomic mass is 10.1. The van der Waals surface area contributed by atoms with E-state index in [1.807, 2.05) is 24.3 Å². The second-order valence-electron chi connectivity index (χ2n) is 7.45. The van der Waals surface area contributed by atoms with Crippen LogP contribution in [0.2, 0.25) is 0 Å². The van der Waals surface area contributed by atoms with Crippen LogP contribution in [-0.4, -0.2) is 63.4 Å². The average molecular weight is 375 g/mol. The summed E-state index contributed by atoms with van der Waals surface area (Å²) in [6, 6.07) is 8.91. The van der Waals surface area contributed by atoms with Crippen LogP contribution in [0.3, 0.4) is 0 Å². The van der Waals surface area contributed by atoms with Crippen molar-refractivity contribution in [2.75, 3.05) is 51.8 Å². The van der Waals surface area contributed by atoms with Crippen molar-refractivity contribution in [1.29, 1.82) is 0 Å². The molecule has 0 aromatic heterocycles. The van der Waals surface area contributed by atoms with Gasteiger partial charge >= 0.3 is 0 Å². The van der Waals surface area contributed by atoms with Gasteiger partial charge < -0.3 is 25.0 Å². The third-order valence-corrected chi connectivity index (χ3v) is 5.09. The molecule has 0 radical (unpaired) electrons. The van der Waals surface area contributed by atoms with Gasteiger partial charge in [0, 0.05) is 57.6 Å². The van der Waals surface area contributed by atoms with Gasteiger partial charge in [0.2, 0.25) is 0 Å². The fourth-order valence-corrected chi connectivity index (χ4v) is 3.50. The highest BCUT2D eigenvalue weighted by molar-refractivity contribution is 5.93. The van der Waals surface area contributed by atoms with E-state index < -0.39 is 0 Å². The van der Waals surface area contributed by atoms with Crippen LogP contribution in [0.25, 0.3) is 0 Å². The number of guanidine groups is 1. The molecule has 1 atom stereocenters. The van der Waals surface area contributed by atoms with Gasteiger partial charge in [-0.3, -0.25) is 4.99 Å². The first-order chi connectivity index (χ1) is 13.3. The largest absolute Gasteiger partial charge is 0.493 e. The van der Waals surface area contributed by atoms with E-state index in [4.69, 9.17) is 14.5 Å². The highest BCUT2D eigenvalue weighted by Gasteiger charge is 2.34. The van der Waals surface area contributed by atoms with Gasteiger partial charge in [0.25, 0.3) is 0 Å². The monoisotopic (exact) mass is 374 g/mol. The third kappa shape index (κ3) is 6.70. The number of nitrogens with zero attached hydrogens (tertiary/aromatic N) is 2. The van der Waals surface area contributed by atoms with E-state index in [1.54, 1.807) is 7.11 Å². The summed E-state index contributed by atoms with van der Waals surface area (Å²) < 4.78 is 10.8. The molecule has 1 aliphatic carbocycles. The minimum absolute atomic E-state index is 0.657. The third-order valence-electron chi connectivity index (χ3n) is 5.09. The molecule has 6 heteroatoms. The van der Waals surface area contributed by atoms with Crippen molar-refractivity contribution in [2.45, 2.75) is 38.6 Å². The molecule has 1 heterocycles. The average Bonchev–Trinajstić information content (AvgIpc) is 3.42. The number of aliphatic imine (C=N–C) groups is 1. The van der Waals surface area contributed by atoms with Gasteiger partial charge in [0.05, 0.1) is 6.61 Å². The van der Waals surface area contributed by atoms with Crippen LogP contribution >= 0.6 is 0 Å². The highest BCUT2D eigenvalue weighted by Crippen LogP contribution is 2.31. The van der Waals surface area contributed by atoms with Crippen molar-refractivity contribution in [3.05, 3.63) is 24.3 Å². The first-order valence-corrected chi connectivity index (χ1v) is 10.3. The molecule has 0 amide bonds. The Balaban J connectivity index is 1.50. The van der Waals surface area contributed by atoms with Crippen molar-refractivity contribution in [2.24, 2.45) is 10.9 Å². The fraction of sp³-hybridized carbons (Fsp3) is 0.667. The lowest BCUT2D eigenvalue weighted by Crippen LogP contribution is -2.31. The number of nitrogens with one attached hydrogen (secondary N) is 2. The molecule has 1 aromatic rings. The van der Waals surface area contributed by atoms with Crippen molar-refractivity contribution >= 4 is 11.6 Å². The van der Waals surface area contributed by atoms with Crippen LogP contribution in [0, 0.1) is 5.92 Å². The van der Waals surface area contributed by atoms with E-state index in [0.717, 1.165) is 42.9 Å². The topological polar surface area (TPSA) is 58.1 Å². The van der Waals surface area contributed by atoms with Crippen LogP contribution in [-0.2, 0) is 4.74 Å². The number of methoxy groups -OCH3 is 1. The van der Waals surface area contributed by atoms with Gasteiger partial charge in [0.1, 0.15) is 5.75 Å². The minimum Gasteiger partial charge on any atom is -0.493 e. The van der Waals surface area contributed by atoms with Gasteiger partial charge in [-0.15, -0.1) is 0 Å². The predicted octanol–water partition coefficient (Wildman–Crippen LogP) is 2.96. The summed E-state index contributed by atoms with van der Waals surface area (Å²) >= 11 is 0. The lowest BCUT2D eigenvalue weighted by Gasteiger charge is -2.15. The Morgan fingerprint density at radius 2 is 2.15 bits per heavy atom. The summed E-state index contributed by atoms with van der Waals surface area (Å²) in [6.45, 7) is 7.65. The Kier molecular flexibility index (Phi) is 7.78. The van der Waals surface area contributed by atoms with Gasteiger partial charge in [-0.2, -0.15) is 0 Å². The van der Waals surface area contributed by atoms with Gasteiger partial charge in [0.15, 0.2) is 5.96 Å². The molecular weight excluding hydrogens is 340 g/mol. The zero-order valence-corrected chi connectivity index (χ0v) is 16.7. The molecule has 0 spiro atoms. The molecule has 2 N–H and O–H groups in total. The van der Waals surface area contributed by atoms with E-state index in [1.165, 1.54) is 32.4 Å². The van der Waals surface area contributed by atoms with Crippen LogP contribution in [0.1, 0.15) is 32.6 Å². The van der Waals surface area contributed by atoms with E-state index in [9.17, 15) is 0 Å². The number of hydrogen-bond donors (Lipinski definition) is 2. The Bertz CT molecular complexity index is 604. The summed E-state index contributed by atoms with van der Waals surface area (Å²) in [5.74, 6) is 2.39. The Hall–Kier alpha value is -1.79. The SMILES string of the molecule is CCNC(=NCC1CCN(C2CC2)C1)Nc1cccc(OCCCOC)c1. The normalized spacial score (nSPS) is 20.7. The molecule has 27 heavy (non-hydrogen) atoms. The first kappa shape index (κ1) is 20.0. The summed E-state index contributed by atoms with van der Waals surface area (Å²) in [5.41, 5.74) is 0.991. The molecule has 6 nitrogen and oxygen atoms in total. The van der Waals surface area contributed by atoms with Gasteiger partial charge in [-0.1, -0.05) is 6.07 Å². The van der Waals surface area contributed by atoms with Crippen LogP contribution < -0.4 is 15.4 Å². The molecule has 2 aliphatic rings. The molecule has 3 rings (SSSR count). The minimum atomic E-state index is 0.657. The molecule has 1 unspecified atom stereocenters. The quantitative estimate of drug-likeness (QED) is 0.375. The second-order valence-corrected chi connectivity index (χ2v) is 7.45. The standard InChI is InChI=1S/C21H34N4O2/c1-3-22-21(23-15-17-10-11-25(16-17)19-8-9-19)24-18-6-4-7-20(14-18)27-13-5-12-26-2/h4,6-7,14,17,19H,3,5,8-13,15-16H2,1-2H3,(H2,22,23,24). The maximum absolute atomic E-state index is 5.79. The van der Waals surface area contributed by atoms with Gasteiger partial charge in [-0.05, 0) is 50.8 Å².